The molecule has 0 spiro atoms. The van der Waals surface area contributed by atoms with Gasteiger partial charge < -0.3 is 5.32 Å². The largest absolute Gasteiger partial charge is 0.312 e. The molecule has 1 nitrogen and oxygen atoms in total. The van der Waals surface area contributed by atoms with Crippen LogP contribution in [0.3, 0.4) is 0 Å². The fourth-order valence-corrected chi connectivity index (χ4v) is 2.28. The van der Waals surface area contributed by atoms with Crippen molar-refractivity contribution in [3.63, 3.8) is 0 Å². The molecule has 2 rings (SSSR count). The molecule has 0 radical (unpaired) electrons. The Hall–Kier alpha value is -0.600. The molecule has 0 saturated carbocycles. The van der Waals surface area contributed by atoms with Crippen LogP contribution in [0.5, 0.6) is 0 Å². The van der Waals surface area contributed by atoms with Crippen molar-refractivity contribution < 1.29 is 0 Å². The lowest BCUT2D eigenvalue weighted by Gasteiger charge is -2.18. The Morgan fingerprint density at radius 1 is 1.58 bits per heavy atom. The van der Waals surface area contributed by atoms with Crippen LogP contribution in [0.2, 0.25) is 0 Å². The molecule has 1 atom stereocenters. The predicted molar refractivity (Wildman–Crippen MR) is 54.3 cm³/mol. The highest BCUT2D eigenvalue weighted by Crippen LogP contribution is 2.22. The van der Waals surface area contributed by atoms with Gasteiger partial charge in [0, 0.05) is 18.0 Å². The Kier molecular flexibility index (Phi) is 2.28. The number of thiophene rings is 1. The zero-order valence-electron chi connectivity index (χ0n) is 7.21. The van der Waals surface area contributed by atoms with Crippen LogP contribution >= 0.6 is 11.3 Å². The van der Waals surface area contributed by atoms with E-state index < -0.39 is 0 Å². The molecule has 1 N–H and O–H groups in total. The average molecular weight is 179 g/mol. The molecule has 12 heavy (non-hydrogen) atoms. The van der Waals surface area contributed by atoms with Crippen molar-refractivity contribution in [3.05, 3.63) is 28.5 Å². The van der Waals surface area contributed by atoms with Crippen LogP contribution in [0.15, 0.2) is 23.6 Å². The molecule has 0 amide bonds. The Labute approximate surface area is 77.1 Å². The maximum Gasteiger partial charge on any atom is 0.0312 e. The summed E-state index contributed by atoms with van der Waals surface area (Å²) < 4.78 is 0. The molecule has 1 aliphatic rings. The second-order valence-corrected chi connectivity index (χ2v) is 4.23. The van der Waals surface area contributed by atoms with Crippen LogP contribution < -0.4 is 5.32 Å². The zero-order valence-corrected chi connectivity index (χ0v) is 8.03. The van der Waals surface area contributed by atoms with Crippen molar-refractivity contribution in [1.82, 2.24) is 5.32 Å². The molecule has 0 fully saturated rings. The first-order chi connectivity index (χ1) is 5.86. The monoisotopic (exact) mass is 179 g/mol. The predicted octanol–water partition coefficient (Wildman–Crippen LogP) is 2.37. The first-order valence-electron chi connectivity index (χ1n) is 4.31. The van der Waals surface area contributed by atoms with E-state index in [0.717, 1.165) is 13.1 Å². The molecule has 0 bridgehead atoms. The minimum Gasteiger partial charge on any atom is -0.312 e. The zero-order chi connectivity index (χ0) is 8.39. The summed E-state index contributed by atoms with van der Waals surface area (Å²) >= 11 is 1.82. The van der Waals surface area contributed by atoms with Crippen LogP contribution in [-0.4, -0.2) is 13.1 Å². The Morgan fingerprint density at radius 2 is 2.50 bits per heavy atom. The van der Waals surface area contributed by atoms with E-state index in [1.54, 1.807) is 0 Å². The topological polar surface area (TPSA) is 12.0 Å². The Morgan fingerprint density at radius 3 is 3.17 bits per heavy atom. The SMILES string of the molecule is C[C@@H]1C=C(c2cccs2)CNC1. The van der Waals surface area contributed by atoms with Gasteiger partial charge in [0.25, 0.3) is 0 Å². The Bertz CT molecular complexity index is 274. The summed E-state index contributed by atoms with van der Waals surface area (Å²) in [7, 11) is 0. The van der Waals surface area contributed by atoms with E-state index in [-0.39, 0.29) is 0 Å². The molecule has 64 valence electrons. The molecular weight excluding hydrogens is 166 g/mol. The van der Waals surface area contributed by atoms with Gasteiger partial charge in [0.1, 0.15) is 0 Å². The average Bonchev–Trinajstić information content (AvgIpc) is 2.56. The highest BCUT2D eigenvalue weighted by atomic mass is 32.1. The van der Waals surface area contributed by atoms with Crippen molar-refractivity contribution in [2.45, 2.75) is 6.92 Å². The van der Waals surface area contributed by atoms with Gasteiger partial charge in [-0.25, -0.2) is 0 Å². The molecule has 0 aliphatic carbocycles. The fraction of sp³-hybridized carbons (Fsp3) is 0.400. The molecule has 0 unspecified atom stereocenters. The summed E-state index contributed by atoms with van der Waals surface area (Å²) in [5.41, 5.74) is 1.46. The van der Waals surface area contributed by atoms with Crippen LogP contribution in [0.25, 0.3) is 5.57 Å². The fourth-order valence-electron chi connectivity index (χ4n) is 1.53. The third-order valence-electron chi connectivity index (χ3n) is 2.11. The first kappa shape index (κ1) is 8.02. The molecule has 1 aromatic rings. The first-order valence-corrected chi connectivity index (χ1v) is 5.19. The standard InChI is InChI=1S/C10H13NS/c1-8-5-9(7-11-6-8)10-3-2-4-12-10/h2-5,8,11H,6-7H2,1H3/t8-/m1/s1. The van der Waals surface area contributed by atoms with Crippen LogP contribution in [0.1, 0.15) is 11.8 Å². The number of nitrogens with one attached hydrogen (secondary N) is 1. The highest BCUT2D eigenvalue weighted by molar-refractivity contribution is 7.11. The van der Waals surface area contributed by atoms with Crippen LogP contribution in [0.4, 0.5) is 0 Å². The van der Waals surface area contributed by atoms with E-state index in [2.05, 4.69) is 35.8 Å². The van der Waals surface area contributed by atoms with E-state index in [1.807, 2.05) is 11.3 Å². The molecule has 2 heteroatoms. The van der Waals surface area contributed by atoms with Gasteiger partial charge in [0.05, 0.1) is 0 Å². The highest BCUT2D eigenvalue weighted by Gasteiger charge is 2.10. The molecule has 1 aromatic heterocycles. The van der Waals surface area contributed by atoms with Gasteiger partial charge in [-0.3, -0.25) is 0 Å². The van der Waals surface area contributed by atoms with Crippen molar-refractivity contribution in [1.29, 1.82) is 0 Å². The summed E-state index contributed by atoms with van der Waals surface area (Å²) in [6, 6.07) is 4.30. The smallest absolute Gasteiger partial charge is 0.0312 e. The van der Waals surface area contributed by atoms with E-state index in [4.69, 9.17) is 0 Å². The lowest BCUT2D eigenvalue weighted by Crippen LogP contribution is -2.26. The Balaban J connectivity index is 2.23. The van der Waals surface area contributed by atoms with Crippen molar-refractivity contribution in [2.24, 2.45) is 5.92 Å². The van der Waals surface area contributed by atoms with E-state index >= 15 is 0 Å². The van der Waals surface area contributed by atoms with Crippen LogP contribution in [0, 0.1) is 5.92 Å². The quantitative estimate of drug-likeness (QED) is 0.698. The summed E-state index contributed by atoms with van der Waals surface area (Å²) in [5, 5.41) is 5.55. The molecule has 1 aliphatic heterocycles. The summed E-state index contributed by atoms with van der Waals surface area (Å²) in [5.74, 6) is 0.677. The van der Waals surface area contributed by atoms with Crippen molar-refractivity contribution in [3.8, 4) is 0 Å². The van der Waals surface area contributed by atoms with Gasteiger partial charge in [-0.15, -0.1) is 11.3 Å². The number of hydrogen-bond acceptors (Lipinski definition) is 2. The van der Waals surface area contributed by atoms with Gasteiger partial charge in [0.15, 0.2) is 0 Å². The molecule has 2 heterocycles. The van der Waals surface area contributed by atoms with Gasteiger partial charge in [0.2, 0.25) is 0 Å². The van der Waals surface area contributed by atoms with Gasteiger partial charge >= 0.3 is 0 Å². The minimum absolute atomic E-state index is 0.677. The van der Waals surface area contributed by atoms with Gasteiger partial charge in [-0.1, -0.05) is 19.1 Å². The summed E-state index contributed by atoms with van der Waals surface area (Å²) in [4.78, 5) is 1.41. The summed E-state index contributed by atoms with van der Waals surface area (Å²) in [6.45, 7) is 4.40. The van der Waals surface area contributed by atoms with E-state index in [9.17, 15) is 0 Å². The number of rotatable bonds is 1. The van der Waals surface area contributed by atoms with Crippen LogP contribution in [-0.2, 0) is 0 Å². The second kappa shape index (κ2) is 3.42. The van der Waals surface area contributed by atoms with Gasteiger partial charge in [-0.05, 0) is 22.9 Å². The lowest BCUT2D eigenvalue weighted by atomic mass is 10.0. The molecule has 0 aromatic carbocycles. The maximum absolute atomic E-state index is 3.41. The normalized spacial score (nSPS) is 23.8. The molecular formula is C10H13NS. The maximum atomic E-state index is 3.41. The summed E-state index contributed by atoms with van der Waals surface area (Å²) in [6.07, 6.45) is 2.38. The van der Waals surface area contributed by atoms with E-state index in [0.29, 0.717) is 5.92 Å². The van der Waals surface area contributed by atoms with Crippen molar-refractivity contribution >= 4 is 16.9 Å². The van der Waals surface area contributed by atoms with Gasteiger partial charge in [-0.2, -0.15) is 0 Å². The third kappa shape index (κ3) is 1.59. The second-order valence-electron chi connectivity index (χ2n) is 3.28. The third-order valence-corrected chi connectivity index (χ3v) is 3.05. The number of hydrogen-bond donors (Lipinski definition) is 1. The van der Waals surface area contributed by atoms with Crippen molar-refractivity contribution in [2.75, 3.05) is 13.1 Å². The minimum atomic E-state index is 0.677. The van der Waals surface area contributed by atoms with E-state index in [1.165, 1.54) is 10.5 Å². The lowest BCUT2D eigenvalue weighted by molar-refractivity contribution is 0.607. The molecule has 0 saturated heterocycles.